The Kier molecular flexibility index (Phi) is 2.15. The summed E-state index contributed by atoms with van der Waals surface area (Å²) in [4.78, 5) is 11.1. The number of carbonyl (C=O) groups is 1. The van der Waals surface area contributed by atoms with Crippen LogP contribution in [0.1, 0.15) is 19.8 Å². The molecule has 2 aliphatic rings. The molecule has 0 aliphatic carbocycles. The van der Waals surface area contributed by atoms with Crippen LogP contribution in [0.5, 0.6) is 0 Å². The van der Waals surface area contributed by atoms with E-state index in [9.17, 15) is 4.79 Å². The zero-order chi connectivity index (χ0) is 8.55. The maximum Gasteiger partial charge on any atom is 0.146 e. The molecule has 0 bridgehead atoms. The summed E-state index contributed by atoms with van der Waals surface area (Å²) >= 11 is 0. The lowest BCUT2D eigenvalue weighted by Crippen LogP contribution is -2.45. The zero-order valence-electron chi connectivity index (χ0n) is 7.47. The van der Waals surface area contributed by atoms with E-state index in [4.69, 9.17) is 0 Å². The maximum atomic E-state index is 11.1. The molecule has 0 radical (unpaired) electrons. The van der Waals surface area contributed by atoms with E-state index < -0.39 is 0 Å². The molecule has 2 heterocycles. The second kappa shape index (κ2) is 3.15. The highest BCUT2D eigenvalue weighted by molar-refractivity contribution is 5.81. The van der Waals surface area contributed by atoms with Gasteiger partial charge in [-0.2, -0.15) is 0 Å². The van der Waals surface area contributed by atoms with Crippen molar-refractivity contribution in [2.75, 3.05) is 13.1 Å². The predicted octanol–water partition coefficient (Wildman–Crippen LogP) is -0.0846. The molecule has 0 aromatic rings. The number of hydrogen-bond donors (Lipinski definition) is 2. The van der Waals surface area contributed by atoms with Crippen LogP contribution in [0.2, 0.25) is 0 Å². The number of piperidine rings is 1. The van der Waals surface area contributed by atoms with E-state index in [2.05, 4.69) is 10.6 Å². The first-order valence-corrected chi connectivity index (χ1v) is 4.74. The van der Waals surface area contributed by atoms with Gasteiger partial charge in [-0.05, 0) is 32.2 Å². The molecule has 2 rings (SSSR count). The third-order valence-corrected chi connectivity index (χ3v) is 3.07. The third-order valence-electron chi connectivity index (χ3n) is 3.07. The first kappa shape index (κ1) is 8.20. The fourth-order valence-corrected chi connectivity index (χ4v) is 2.30. The SMILES string of the molecule is CC(=O)C1CC2CCNCC2N1. The van der Waals surface area contributed by atoms with Crippen LogP contribution >= 0.6 is 0 Å². The van der Waals surface area contributed by atoms with Gasteiger partial charge in [0.05, 0.1) is 6.04 Å². The molecule has 0 aromatic carbocycles. The molecule has 2 aliphatic heterocycles. The Morgan fingerprint density at radius 1 is 1.50 bits per heavy atom. The molecule has 0 saturated carbocycles. The minimum absolute atomic E-state index is 0.139. The highest BCUT2D eigenvalue weighted by atomic mass is 16.1. The lowest BCUT2D eigenvalue weighted by molar-refractivity contribution is -0.118. The van der Waals surface area contributed by atoms with Gasteiger partial charge in [0, 0.05) is 12.6 Å². The Morgan fingerprint density at radius 2 is 2.33 bits per heavy atom. The summed E-state index contributed by atoms with van der Waals surface area (Å²) in [6, 6.07) is 0.688. The molecule has 0 aromatic heterocycles. The number of nitrogens with one attached hydrogen (secondary N) is 2. The van der Waals surface area contributed by atoms with Crippen LogP contribution in [-0.2, 0) is 4.79 Å². The van der Waals surface area contributed by atoms with E-state index in [0.29, 0.717) is 11.8 Å². The predicted molar refractivity (Wildman–Crippen MR) is 47.0 cm³/mol. The van der Waals surface area contributed by atoms with Crippen molar-refractivity contribution >= 4 is 5.78 Å². The molecule has 3 nitrogen and oxygen atoms in total. The summed E-state index contributed by atoms with van der Waals surface area (Å²) in [6.45, 7) is 3.84. The van der Waals surface area contributed by atoms with Crippen molar-refractivity contribution < 1.29 is 4.79 Å². The molecule has 12 heavy (non-hydrogen) atoms. The van der Waals surface area contributed by atoms with Gasteiger partial charge in [0.15, 0.2) is 0 Å². The zero-order valence-corrected chi connectivity index (χ0v) is 7.47. The van der Waals surface area contributed by atoms with E-state index in [1.165, 1.54) is 6.42 Å². The van der Waals surface area contributed by atoms with Crippen molar-refractivity contribution in [2.24, 2.45) is 5.92 Å². The minimum atomic E-state index is 0.139. The first-order chi connectivity index (χ1) is 5.77. The molecule has 2 saturated heterocycles. The van der Waals surface area contributed by atoms with Crippen molar-refractivity contribution in [3.63, 3.8) is 0 Å². The molecule has 0 spiro atoms. The fraction of sp³-hybridized carbons (Fsp3) is 0.889. The largest absolute Gasteiger partial charge is 0.315 e. The molecular weight excluding hydrogens is 152 g/mol. The number of rotatable bonds is 1. The molecular formula is C9H16N2O. The second-order valence-corrected chi connectivity index (χ2v) is 3.92. The van der Waals surface area contributed by atoms with E-state index in [0.717, 1.165) is 25.4 Å². The van der Waals surface area contributed by atoms with E-state index in [-0.39, 0.29) is 6.04 Å². The number of carbonyl (C=O) groups excluding carboxylic acids is 1. The highest BCUT2D eigenvalue weighted by Crippen LogP contribution is 2.25. The Labute approximate surface area is 72.9 Å². The van der Waals surface area contributed by atoms with Crippen molar-refractivity contribution in [3.8, 4) is 0 Å². The molecule has 2 fully saturated rings. The average Bonchev–Trinajstić information content (AvgIpc) is 2.46. The lowest BCUT2D eigenvalue weighted by Gasteiger charge is -2.25. The minimum Gasteiger partial charge on any atom is -0.315 e. The number of ketones is 1. The van der Waals surface area contributed by atoms with Crippen LogP contribution in [0.3, 0.4) is 0 Å². The van der Waals surface area contributed by atoms with Crippen molar-refractivity contribution in [2.45, 2.75) is 31.8 Å². The van der Waals surface area contributed by atoms with Gasteiger partial charge >= 0.3 is 0 Å². The van der Waals surface area contributed by atoms with Gasteiger partial charge in [-0.3, -0.25) is 4.79 Å². The van der Waals surface area contributed by atoms with Crippen molar-refractivity contribution in [3.05, 3.63) is 0 Å². The quantitative estimate of drug-likeness (QED) is 0.575. The molecule has 0 amide bonds. The monoisotopic (exact) mass is 168 g/mol. The average molecular weight is 168 g/mol. The Hall–Kier alpha value is -0.410. The molecule has 68 valence electrons. The van der Waals surface area contributed by atoms with Gasteiger partial charge in [0.2, 0.25) is 0 Å². The molecule has 3 heteroatoms. The summed E-state index contributed by atoms with van der Waals surface area (Å²) in [5, 5.41) is 6.72. The van der Waals surface area contributed by atoms with Crippen LogP contribution in [0.25, 0.3) is 0 Å². The van der Waals surface area contributed by atoms with E-state index >= 15 is 0 Å². The smallest absolute Gasteiger partial charge is 0.146 e. The topological polar surface area (TPSA) is 41.1 Å². The summed E-state index contributed by atoms with van der Waals surface area (Å²) in [6.07, 6.45) is 2.28. The van der Waals surface area contributed by atoms with Gasteiger partial charge in [-0.15, -0.1) is 0 Å². The van der Waals surface area contributed by atoms with Crippen LogP contribution in [0.4, 0.5) is 0 Å². The van der Waals surface area contributed by atoms with Crippen LogP contribution in [0.15, 0.2) is 0 Å². The standard InChI is InChI=1S/C9H16N2O/c1-6(12)8-4-7-2-3-10-5-9(7)11-8/h7-11H,2-5H2,1H3. The number of Topliss-reactive ketones (excluding diaryl/α,β-unsaturated/α-hetero) is 1. The highest BCUT2D eigenvalue weighted by Gasteiger charge is 2.36. The van der Waals surface area contributed by atoms with Gasteiger partial charge in [0.1, 0.15) is 5.78 Å². The molecule has 3 unspecified atom stereocenters. The summed E-state index contributed by atoms with van der Waals surface area (Å²) in [5.74, 6) is 1.03. The van der Waals surface area contributed by atoms with Crippen LogP contribution in [-0.4, -0.2) is 31.0 Å². The summed E-state index contributed by atoms with van der Waals surface area (Å²) in [7, 11) is 0. The van der Waals surface area contributed by atoms with Gasteiger partial charge in [-0.1, -0.05) is 0 Å². The Morgan fingerprint density at radius 3 is 3.00 bits per heavy atom. The van der Waals surface area contributed by atoms with E-state index in [1.54, 1.807) is 6.92 Å². The summed E-state index contributed by atoms with van der Waals surface area (Å²) < 4.78 is 0. The first-order valence-electron chi connectivity index (χ1n) is 4.74. The van der Waals surface area contributed by atoms with Crippen LogP contribution < -0.4 is 10.6 Å². The molecule has 2 N–H and O–H groups in total. The van der Waals surface area contributed by atoms with E-state index in [1.807, 2.05) is 0 Å². The Bertz CT molecular complexity index is 179. The molecule has 3 atom stereocenters. The number of hydrogen-bond acceptors (Lipinski definition) is 3. The van der Waals surface area contributed by atoms with Gasteiger partial charge < -0.3 is 10.6 Å². The van der Waals surface area contributed by atoms with Crippen molar-refractivity contribution in [1.29, 1.82) is 0 Å². The normalized spacial score (nSPS) is 40.9. The number of fused-ring (bicyclic) bond motifs is 1. The fourth-order valence-electron chi connectivity index (χ4n) is 2.30. The van der Waals surface area contributed by atoms with Crippen LogP contribution in [0, 0.1) is 5.92 Å². The lowest BCUT2D eigenvalue weighted by atomic mass is 9.92. The summed E-state index contributed by atoms with van der Waals surface area (Å²) in [5.41, 5.74) is 0. The third kappa shape index (κ3) is 1.39. The maximum absolute atomic E-state index is 11.1. The van der Waals surface area contributed by atoms with Gasteiger partial charge in [0.25, 0.3) is 0 Å². The van der Waals surface area contributed by atoms with Crippen molar-refractivity contribution in [1.82, 2.24) is 10.6 Å². The van der Waals surface area contributed by atoms with Gasteiger partial charge in [-0.25, -0.2) is 0 Å². The second-order valence-electron chi connectivity index (χ2n) is 3.92. The Balaban J connectivity index is 1.98.